The van der Waals surface area contributed by atoms with Gasteiger partial charge in [0.15, 0.2) is 0 Å². The number of benzene rings is 1. The molecule has 1 fully saturated rings. The van der Waals surface area contributed by atoms with Gasteiger partial charge in [-0.05, 0) is 44.0 Å². The zero-order valence-electron chi connectivity index (χ0n) is 15.4. The highest BCUT2D eigenvalue weighted by Gasteiger charge is 2.25. The van der Waals surface area contributed by atoms with Crippen LogP contribution in [-0.4, -0.2) is 36.6 Å². The molecule has 2 heterocycles. The number of aryl methyl sites for hydroxylation is 1. The predicted molar refractivity (Wildman–Crippen MR) is 103 cm³/mol. The van der Waals surface area contributed by atoms with Gasteiger partial charge in [0.25, 0.3) is 5.56 Å². The number of hydrogen-bond donors (Lipinski definition) is 2. The van der Waals surface area contributed by atoms with Crippen molar-refractivity contribution in [3.8, 4) is 5.75 Å². The number of hydrogen-bond acceptors (Lipinski definition) is 5. The third-order valence-electron chi connectivity index (χ3n) is 4.91. The first kappa shape index (κ1) is 18.2. The fourth-order valence-electron chi connectivity index (χ4n) is 3.28. The molecular formula is C20H25N3O3. The summed E-state index contributed by atoms with van der Waals surface area (Å²) >= 11 is 0. The number of anilines is 1. The SMILES string of the molecule is COc1ccc(Cn2c(C)cc(NC3CCOC3C)c(C=N)c2=O)cc1. The highest BCUT2D eigenvalue weighted by atomic mass is 16.5. The number of ether oxygens (including phenoxy) is 2. The number of methoxy groups -OCH3 is 1. The average molecular weight is 355 g/mol. The van der Waals surface area contributed by atoms with Crippen LogP contribution in [0.15, 0.2) is 35.1 Å². The number of nitrogens with one attached hydrogen (secondary N) is 2. The van der Waals surface area contributed by atoms with Gasteiger partial charge in [0.05, 0.1) is 37.1 Å². The monoisotopic (exact) mass is 355 g/mol. The topological polar surface area (TPSA) is 76.3 Å². The lowest BCUT2D eigenvalue weighted by atomic mass is 10.1. The molecule has 0 amide bonds. The lowest BCUT2D eigenvalue weighted by Crippen LogP contribution is -2.31. The molecule has 1 saturated heterocycles. The minimum Gasteiger partial charge on any atom is -0.497 e. The number of aromatic nitrogens is 1. The fraction of sp³-hybridized carbons (Fsp3) is 0.400. The van der Waals surface area contributed by atoms with Gasteiger partial charge in [0, 0.05) is 18.5 Å². The third-order valence-corrected chi connectivity index (χ3v) is 4.91. The van der Waals surface area contributed by atoms with Gasteiger partial charge < -0.3 is 24.8 Å². The number of nitrogens with zero attached hydrogens (tertiary/aromatic N) is 1. The molecule has 1 aliphatic heterocycles. The van der Waals surface area contributed by atoms with Crippen molar-refractivity contribution in [1.29, 1.82) is 5.41 Å². The van der Waals surface area contributed by atoms with Crippen LogP contribution in [-0.2, 0) is 11.3 Å². The number of rotatable bonds is 6. The van der Waals surface area contributed by atoms with Gasteiger partial charge in [0.2, 0.25) is 0 Å². The first-order valence-electron chi connectivity index (χ1n) is 8.79. The van der Waals surface area contributed by atoms with Gasteiger partial charge >= 0.3 is 0 Å². The molecule has 2 N–H and O–H groups in total. The highest BCUT2D eigenvalue weighted by Crippen LogP contribution is 2.21. The molecule has 0 aliphatic carbocycles. The van der Waals surface area contributed by atoms with E-state index in [1.165, 1.54) is 0 Å². The smallest absolute Gasteiger partial charge is 0.261 e. The van der Waals surface area contributed by atoms with Crippen LogP contribution in [0.25, 0.3) is 0 Å². The van der Waals surface area contributed by atoms with E-state index in [2.05, 4.69) is 5.32 Å². The maximum Gasteiger partial charge on any atom is 0.261 e. The lowest BCUT2D eigenvalue weighted by Gasteiger charge is -2.21. The van der Waals surface area contributed by atoms with Crippen molar-refractivity contribution < 1.29 is 9.47 Å². The molecule has 1 aliphatic rings. The van der Waals surface area contributed by atoms with Crippen molar-refractivity contribution in [2.45, 2.75) is 39.0 Å². The molecule has 3 rings (SSSR count). The molecule has 0 bridgehead atoms. The van der Waals surface area contributed by atoms with Crippen LogP contribution in [0.3, 0.4) is 0 Å². The second-order valence-electron chi connectivity index (χ2n) is 6.61. The maximum absolute atomic E-state index is 12.9. The number of pyridine rings is 1. The van der Waals surface area contributed by atoms with Gasteiger partial charge in [-0.2, -0.15) is 0 Å². The first-order valence-corrected chi connectivity index (χ1v) is 8.79. The van der Waals surface area contributed by atoms with Crippen LogP contribution in [0.2, 0.25) is 0 Å². The molecule has 1 aromatic heterocycles. The van der Waals surface area contributed by atoms with E-state index in [0.717, 1.165) is 29.6 Å². The molecule has 0 saturated carbocycles. The van der Waals surface area contributed by atoms with Crippen LogP contribution in [0.1, 0.15) is 30.2 Å². The summed E-state index contributed by atoms with van der Waals surface area (Å²) in [4.78, 5) is 12.9. The third kappa shape index (κ3) is 3.65. The minimum absolute atomic E-state index is 0.0932. The van der Waals surface area contributed by atoms with Crippen molar-refractivity contribution in [2.75, 3.05) is 19.0 Å². The van der Waals surface area contributed by atoms with Gasteiger partial charge in [-0.15, -0.1) is 0 Å². The molecule has 26 heavy (non-hydrogen) atoms. The zero-order valence-corrected chi connectivity index (χ0v) is 15.4. The van der Waals surface area contributed by atoms with Crippen molar-refractivity contribution in [1.82, 2.24) is 4.57 Å². The minimum atomic E-state index is -0.162. The largest absolute Gasteiger partial charge is 0.497 e. The Labute approximate surface area is 153 Å². The van der Waals surface area contributed by atoms with Crippen molar-refractivity contribution in [2.24, 2.45) is 0 Å². The molecule has 1 aromatic carbocycles. The Morgan fingerprint density at radius 3 is 2.69 bits per heavy atom. The fourth-order valence-corrected chi connectivity index (χ4v) is 3.28. The Bertz CT molecular complexity index is 843. The molecule has 0 radical (unpaired) electrons. The first-order chi connectivity index (χ1) is 12.5. The van der Waals surface area contributed by atoms with E-state index in [-0.39, 0.29) is 17.7 Å². The van der Waals surface area contributed by atoms with E-state index < -0.39 is 0 Å². The van der Waals surface area contributed by atoms with Crippen LogP contribution >= 0.6 is 0 Å². The quantitative estimate of drug-likeness (QED) is 0.781. The molecular weight excluding hydrogens is 330 g/mol. The summed E-state index contributed by atoms with van der Waals surface area (Å²) in [6.07, 6.45) is 2.12. The van der Waals surface area contributed by atoms with Crippen molar-refractivity contribution in [3.05, 3.63) is 57.5 Å². The predicted octanol–water partition coefficient (Wildman–Crippen LogP) is 2.80. The van der Waals surface area contributed by atoms with E-state index in [0.29, 0.717) is 24.4 Å². The van der Waals surface area contributed by atoms with Crippen LogP contribution in [0, 0.1) is 12.3 Å². The summed E-state index contributed by atoms with van der Waals surface area (Å²) in [5, 5.41) is 11.1. The van der Waals surface area contributed by atoms with Crippen LogP contribution in [0.5, 0.6) is 5.75 Å². The average Bonchev–Trinajstić information content (AvgIpc) is 3.04. The summed E-state index contributed by atoms with van der Waals surface area (Å²) in [6, 6.07) is 9.74. The maximum atomic E-state index is 12.9. The normalized spacial score (nSPS) is 19.3. The van der Waals surface area contributed by atoms with E-state index in [1.807, 2.05) is 44.2 Å². The second-order valence-corrected chi connectivity index (χ2v) is 6.61. The molecule has 0 spiro atoms. The Balaban J connectivity index is 1.91. The Kier molecular flexibility index (Phi) is 5.42. The van der Waals surface area contributed by atoms with Crippen molar-refractivity contribution in [3.63, 3.8) is 0 Å². The zero-order chi connectivity index (χ0) is 18.7. The Hall–Kier alpha value is -2.60. The van der Waals surface area contributed by atoms with E-state index in [9.17, 15) is 4.79 Å². The van der Waals surface area contributed by atoms with Crippen molar-refractivity contribution >= 4 is 11.9 Å². The standard InChI is InChI=1S/C20H25N3O3/c1-13-10-19(22-18-8-9-26-14(18)2)17(11-21)20(24)23(13)12-15-4-6-16(25-3)7-5-15/h4-7,10-11,14,18,21-22H,8-9,12H2,1-3H3. The van der Waals surface area contributed by atoms with Crippen LogP contribution < -0.4 is 15.6 Å². The van der Waals surface area contributed by atoms with Gasteiger partial charge in [0.1, 0.15) is 5.75 Å². The highest BCUT2D eigenvalue weighted by molar-refractivity contribution is 5.85. The summed E-state index contributed by atoms with van der Waals surface area (Å²) in [5.74, 6) is 0.783. The second kappa shape index (κ2) is 7.74. The Morgan fingerprint density at radius 2 is 2.12 bits per heavy atom. The summed E-state index contributed by atoms with van der Waals surface area (Å²) < 4.78 is 12.5. The molecule has 6 nitrogen and oxygen atoms in total. The van der Waals surface area contributed by atoms with E-state index >= 15 is 0 Å². The summed E-state index contributed by atoms with van der Waals surface area (Å²) in [5.41, 5.74) is 2.78. The summed E-state index contributed by atoms with van der Waals surface area (Å²) in [7, 11) is 1.63. The molecule has 2 aromatic rings. The lowest BCUT2D eigenvalue weighted by molar-refractivity contribution is 0.121. The summed E-state index contributed by atoms with van der Waals surface area (Å²) in [6.45, 7) is 5.11. The van der Waals surface area contributed by atoms with Gasteiger partial charge in [-0.3, -0.25) is 4.79 Å². The molecule has 6 heteroatoms. The molecule has 2 atom stereocenters. The Morgan fingerprint density at radius 1 is 1.38 bits per heavy atom. The van der Waals surface area contributed by atoms with E-state index in [4.69, 9.17) is 14.9 Å². The van der Waals surface area contributed by atoms with E-state index in [1.54, 1.807) is 11.7 Å². The molecule has 2 unspecified atom stereocenters. The van der Waals surface area contributed by atoms with Gasteiger partial charge in [-0.25, -0.2) is 0 Å². The molecule has 138 valence electrons. The van der Waals surface area contributed by atoms with Gasteiger partial charge in [-0.1, -0.05) is 12.1 Å². The van der Waals surface area contributed by atoms with Crippen LogP contribution in [0.4, 0.5) is 5.69 Å².